The van der Waals surface area contributed by atoms with Crippen LogP contribution in [0, 0.1) is 0 Å². The SMILES string of the molecule is O=C(O)Cc1ccc(CNCc2nccc3c2CCCC3)cc1. The molecule has 2 aromatic rings. The van der Waals surface area contributed by atoms with E-state index in [0.29, 0.717) is 0 Å². The molecule has 0 radical (unpaired) electrons. The molecule has 1 aromatic carbocycles. The van der Waals surface area contributed by atoms with Crippen LogP contribution in [0.3, 0.4) is 0 Å². The Morgan fingerprint density at radius 1 is 1.04 bits per heavy atom. The van der Waals surface area contributed by atoms with Gasteiger partial charge in [-0.25, -0.2) is 0 Å². The lowest BCUT2D eigenvalue weighted by molar-refractivity contribution is -0.136. The summed E-state index contributed by atoms with van der Waals surface area (Å²) >= 11 is 0. The van der Waals surface area contributed by atoms with Crippen LogP contribution in [-0.2, 0) is 37.1 Å². The fourth-order valence-corrected chi connectivity index (χ4v) is 3.16. The molecule has 0 aliphatic heterocycles. The van der Waals surface area contributed by atoms with Crippen molar-refractivity contribution >= 4 is 5.97 Å². The molecule has 0 saturated carbocycles. The van der Waals surface area contributed by atoms with Gasteiger partial charge >= 0.3 is 5.97 Å². The summed E-state index contributed by atoms with van der Waals surface area (Å²) in [5.74, 6) is -0.796. The fraction of sp³-hybridized carbons (Fsp3) is 0.368. The van der Waals surface area contributed by atoms with E-state index in [1.807, 2.05) is 30.5 Å². The van der Waals surface area contributed by atoms with Gasteiger partial charge in [-0.1, -0.05) is 24.3 Å². The van der Waals surface area contributed by atoms with Crippen molar-refractivity contribution in [3.8, 4) is 0 Å². The Bertz CT molecular complexity index is 680. The molecule has 3 rings (SSSR count). The molecule has 0 bridgehead atoms. The third-order valence-electron chi connectivity index (χ3n) is 4.36. The number of fused-ring (bicyclic) bond motifs is 1. The van der Waals surface area contributed by atoms with Gasteiger partial charge in [0.25, 0.3) is 0 Å². The second kappa shape index (κ2) is 7.38. The minimum atomic E-state index is -0.796. The molecule has 1 aliphatic carbocycles. The number of rotatable bonds is 6. The molecule has 120 valence electrons. The zero-order chi connectivity index (χ0) is 16.1. The van der Waals surface area contributed by atoms with E-state index in [0.717, 1.165) is 30.6 Å². The van der Waals surface area contributed by atoms with E-state index in [1.165, 1.54) is 36.1 Å². The van der Waals surface area contributed by atoms with Gasteiger partial charge in [0.05, 0.1) is 12.1 Å². The number of pyridine rings is 1. The van der Waals surface area contributed by atoms with Crippen molar-refractivity contribution in [2.24, 2.45) is 0 Å². The van der Waals surface area contributed by atoms with Crippen molar-refractivity contribution in [3.05, 3.63) is 64.5 Å². The van der Waals surface area contributed by atoms with Crippen LogP contribution in [0.4, 0.5) is 0 Å². The van der Waals surface area contributed by atoms with Crippen LogP contribution < -0.4 is 5.32 Å². The minimum Gasteiger partial charge on any atom is -0.481 e. The van der Waals surface area contributed by atoms with Crippen molar-refractivity contribution in [3.63, 3.8) is 0 Å². The molecule has 4 nitrogen and oxygen atoms in total. The first-order valence-electron chi connectivity index (χ1n) is 8.18. The van der Waals surface area contributed by atoms with Crippen LogP contribution in [0.15, 0.2) is 36.5 Å². The van der Waals surface area contributed by atoms with E-state index >= 15 is 0 Å². The molecule has 4 heteroatoms. The zero-order valence-corrected chi connectivity index (χ0v) is 13.2. The number of aryl methyl sites for hydroxylation is 1. The topological polar surface area (TPSA) is 62.2 Å². The molecular weight excluding hydrogens is 288 g/mol. The number of benzene rings is 1. The van der Waals surface area contributed by atoms with Gasteiger partial charge in [-0.3, -0.25) is 9.78 Å². The first kappa shape index (κ1) is 15.7. The average molecular weight is 310 g/mol. The molecule has 0 saturated heterocycles. The number of carboxylic acids is 1. The highest BCUT2D eigenvalue weighted by Crippen LogP contribution is 2.22. The summed E-state index contributed by atoms with van der Waals surface area (Å²) in [5, 5.41) is 12.2. The van der Waals surface area contributed by atoms with Crippen molar-refractivity contribution in [1.29, 1.82) is 0 Å². The number of hydrogen-bond donors (Lipinski definition) is 2. The summed E-state index contributed by atoms with van der Waals surface area (Å²) in [6, 6.07) is 9.89. The second-order valence-corrected chi connectivity index (χ2v) is 6.09. The lowest BCUT2D eigenvalue weighted by Gasteiger charge is -2.18. The first-order valence-corrected chi connectivity index (χ1v) is 8.18. The highest BCUT2D eigenvalue weighted by Gasteiger charge is 2.13. The van der Waals surface area contributed by atoms with Crippen LogP contribution in [0.1, 0.15) is 40.8 Å². The van der Waals surface area contributed by atoms with Gasteiger partial charge in [-0.2, -0.15) is 0 Å². The smallest absolute Gasteiger partial charge is 0.307 e. The van der Waals surface area contributed by atoms with Gasteiger partial charge in [0, 0.05) is 19.3 Å². The number of aliphatic carboxylic acids is 1. The molecule has 23 heavy (non-hydrogen) atoms. The maximum Gasteiger partial charge on any atom is 0.307 e. The fourth-order valence-electron chi connectivity index (χ4n) is 3.16. The highest BCUT2D eigenvalue weighted by molar-refractivity contribution is 5.70. The Hall–Kier alpha value is -2.20. The highest BCUT2D eigenvalue weighted by atomic mass is 16.4. The van der Waals surface area contributed by atoms with E-state index in [2.05, 4.69) is 16.4 Å². The van der Waals surface area contributed by atoms with Crippen molar-refractivity contribution in [2.45, 2.75) is 45.2 Å². The van der Waals surface area contributed by atoms with E-state index in [9.17, 15) is 4.79 Å². The van der Waals surface area contributed by atoms with Gasteiger partial charge in [0.15, 0.2) is 0 Å². The average Bonchev–Trinajstić information content (AvgIpc) is 2.56. The van der Waals surface area contributed by atoms with E-state index in [1.54, 1.807) is 0 Å². The lowest BCUT2D eigenvalue weighted by Crippen LogP contribution is -2.17. The number of nitrogens with zero attached hydrogens (tertiary/aromatic N) is 1. The maximum atomic E-state index is 10.7. The van der Waals surface area contributed by atoms with Gasteiger partial charge in [0.1, 0.15) is 0 Å². The van der Waals surface area contributed by atoms with E-state index in [4.69, 9.17) is 5.11 Å². The van der Waals surface area contributed by atoms with Crippen molar-refractivity contribution in [1.82, 2.24) is 10.3 Å². The minimum absolute atomic E-state index is 0.0772. The molecule has 0 fully saturated rings. The van der Waals surface area contributed by atoms with E-state index in [-0.39, 0.29) is 6.42 Å². The Morgan fingerprint density at radius 2 is 1.78 bits per heavy atom. The summed E-state index contributed by atoms with van der Waals surface area (Å²) in [6.07, 6.45) is 6.86. The van der Waals surface area contributed by atoms with Crippen molar-refractivity contribution in [2.75, 3.05) is 0 Å². The molecule has 0 atom stereocenters. The first-order chi connectivity index (χ1) is 11.2. The summed E-state index contributed by atoms with van der Waals surface area (Å²) in [7, 11) is 0. The molecule has 0 spiro atoms. The number of carbonyl (C=O) groups is 1. The Balaban J connectivity index is 1.56. The van der Waals surface area contributed by atoms with Crippen molar-refractivity contribution < 1.29 is 9.90 Å². The third kappa shape index (κ3) is 4.17. The summed E-state index contributed by atoms with van der Waals surface area (Å²) in [4.78, 5) is 15.2. The normalized spacial score (nSPS) is 13.6. The number of nitrogens with one attached hydrogen (secondary N) is 1. The quantitative estimate of drug-likeness (QED) is 0.861. The van der Waals surface area contributed by atoms with Gasteiger partial charge in [-0.15, -0.1) is 0 Å². The third-order valence-corrected chi connectivity index (χ3v) is 4.36. The van der Waals surface area contributed by atoms with Crippen LogP contribution in [-0.4, -0.2) is 16.1 Å². The Morgan fingerprint density at radius 3 is 2.57 bits per heavy atom. The Labute approximate surface area is 136 Å². The van der Waals surface area contributed by atoms with Crippen LogP contribution in [0.5, 0.6) is 0 Å². The van der Waals surface area contributed by atoms with Crippen LogP contribution in [0.25, 0.3) is 0 Å². The predicted octanol–water partition coefficient (Wildman–Crippen LogP) is 2.88. The van der Waals surface area contributed by atoms with Crippen LogP contribution >= 0.6 is 0 Å². The number of carboxylic acid groups (broad SMARTS) is 1. The van der Waals surface area contributed by atoms with Gasteiger partial charge in [0.2, 0.25) is 0 Å². The summed E-state index contributed by atoms with van der Waals surface area (Å²) in [6.45, 7) is 1.54. The lowest BCUT2D eigenvalue weighted by atomic mass is 9.91. The predicted molar refractivity (Wildman–Crippen MR) is 89.2 cm³/mol. The molecular formula is C19H22N2O2. The van der Waals surface area contributed by atoms with Crippen LogP contribution in [0.2, 0.25) is 0 Å². The van der Waals surface area contributed by atoms with Gasteiger partial charge in [-0.05, 0) is 54.0 Å². The molecule has 0 amide bonds. The zero-order valence-electron chi connectivity index (χ0n) is 13.2. The molecule has 1 heterocycles. The number of hydrogen-bond acceptors (Lipinski definition) is 3. The molecule has 1 aromatic heterocycles. The summed E-state index contributed by atoms with van der Waals surface area (Å²) in [5.41, 5.74) is 6.05. The van der Waals surface area contributed by atoms with Gasteiger partial charge < -0.3 is 10.4 Å². The largest absolute Gasteiger partial charge is 0.481 e. The Kier molecular flexibility index (Phi) is 5.03. The molecule has 1 aliphatic rings. The molecule has 2 N–H and O–H groups in total. The van der Waals surface area contributed by atoms with E-state index < -0.39 is 5.97 Å². The second-order valence-electron chi connectivity index (χ2n) is 6.09. The maximum absolute atomic E-state index is 10.7. The summed E-state index contributed by atoms with van der Waals surface area (Å²) < 4.78 is 0. The monoisotopic (exact) mass is 310 g/mol. The molecule has 0 unspecified atom stereocenters. The number of aromatic nitrogens is 1. The standard InChI is InChI=1S/C19H22N2O2/c22-19(23)11-14-5-7-15(8-6-14)12-20-13-18-17-4-2-1-3-16(17)9-10-21-18/h5-10,20H,1-4,11-13H2,(H,22,23).